The molecule has 0 aliphatic carbocycles. The van der Waals surface area contributed by atoms with Gasteiger partial charge in [0.1, 0.15) is 11.6 Å². The maximum absolute atomic E-state index is 13.4. The van der Waals surface area contributed by atoms with Crippen molar-refractivity contribution in [3.8, 4) is 0 Å². The quantitative estimate of drug-likeness (QED) is 0.705. The summed E-state index contributed by atoms with van der Waals surface area (Å²) in [6, 6.07) is 13.2. The topological polar surface area (TPSA) is 0 Å². The molecule has 0 aliphatic rings. The lowest BCUT2D eigenvalue weighted by atomic mass is 10.1. The summed E-state index contributed by atoms with van der Waals surface area (Å²) < 4.78 is 26.9. The predicted molar refractivity (Wildman–Crippen MR) is 78.8 cm³/mol. The molecule has 0 nitrogen and oxygen atoms in total. The Morgan fingerprint density at radius 2 is 1.45 bits per heavy atom. The van der Waals surface area contributed by atoms with Gasteiger partial charge in [0.15, 0.2) is 0 Å². The van der Waals surface area contributed by atoms with Crippen LogP contribution in [0.2, 0.25) is 0 Å². The van der Waals surface area contributed by atoms with Gasteiger partial charge in [-0.3, -0.25) is 0 Å². The van der Waals surface area contributed by atoms with E-state index in [1.807, 2.05) is 0 Å². The molecule has 0 bridgehead atoms. The highest BCUT2D eigenvalue weighted by molar-refractivity contribution is 6.29. The van der Waals surface area contributed by atoms with Gasteiger partial charge in [-0.25, -0.2) is 8.78 Å². The molecule has 104 valence electrons. The van der Waals surface area contributed by atoms with Crippen molar-refractivity contribution < 1.29 is 8.78 Å². The van der Waals surface area contributed by atoms with Crippen molar-refractivity contribution in [3.63, 3.8) is 0 Å². The number of aryl methyl sites for hydroxylation is 1. The van der Waals surface area contributed by atoms with Crippen LogP contribution in [0.4, 0.5) is 8.78 Å². The minimum Gasteiger partial charge on any atom is -0.207 e. The molecule has 0 aromatic heterocycles. The first kappa shape index (κ1) is 14.7. The number of rotatable bonds is 5. The van der Waals surface area contributed by atoms with E-state index in [2.05, 4.69) is 0 Å². The van der Waals surface area contributed by atoms with Crippen molar-refractivity contribution in [3.05, 3.63) is 82.4 Å². The normalized spacial score (nSPS) is 11.7. The molecular formula is C17H15ClF2. The van der Waals surface area contributed by atoms with E-state index < -0.39 is 0 Å². The Balaban J connectivity index is 1.92. The summed E-state index contributed by atoms with van der Waals surface area (Å²) in [5.74, 6) is -0.451. The van der Waals surface area contributed by atoms with Crippen LogP contribution in [0.15, 0.2) is 59.6 Å². The van der Waals surface area contributed by atoms with Gasteiger partial charge < -0.3 is 0 Å². The molecule has 20 heavy (non-hydrogen) atoms. The maximum Gasteiger partial charge on any atom is 0.126 e. The van der Waals surface area contributed by atoms with Gasteiger partial charge in [0.25, 0.3) is 0 Å². The Morgan fingerprint density at radius 3 is 2.05 bits per heavy atom. The van der Waals surface area contributed by atoms with Crippen molar-refractivity contribution in [2.45, 2.75) is 19.3 Å². The molecule has 0 amide bonds. The molecule has 0 N–H and O–H groups in total. The second kappa shape index (κ2) is 7.20. The average molecular weight is 293 g/mol. The van der Waals surface area contributed by atoms with Crippen LogP contribution in [0.5, 0.6) is 0 Å². The molecule has 0 unspecified atom stereocenters. The number of hydrogen-bond donors (Lipinski definition) is 0. The van der Waals surface area contributed by atoms with Crippen LogP contribution in [0, 0.1) is 11.6 Å². The molecule has 0 saturated carbocycles. The first-order valence-corrected chi connectivity index (χ1v) is 6.86. The van der Waals surface area contributed by atoms with Gasteiger partial charge in [0, 0.05) is 5.03 Å². The summed E-state index contributed by atoms with van der Waals surface area (Å²) in [6.45, 7) is 0. The fourth-order valence-electron chi connectivity index (χ4n) is 1.94. The van der Waals surface area contributed by atoms with Crippen molar-refractivity contribution in [1.82, 2.24) is 0 Å². The third kappa shape index (κ3) is 4.17. The van der Waals surface area contributed by atoms with Gasteiger partial charge in [0.05, 0.1) is 0 Å². The number of halogens is 3. The molecule has 2 aromatic rings. The summed E-state index contributed by atoms with van der Waals surface area (Å²) in [5, 5.41) is 0.622. The highest BCUT2D eigenvalue weighted by Crippen LogP contribution is 2.17. The summed E-state index contributed by atoms with van der Waals surface area (Å²) in [6.07, 6.45) is 3.32. The van der Waals surface area contributed by atoms with E-state index in [0.717, 1.165) is 0 Å². The minimum absolute atomic E-state index is 0.217. The third-order valence-electron chi connectivity index (χ3n) is 3.09. The van der Waals surface area contributed by atoms with Crippen LogP contribution in [0.25, 0.3) is 0 Å². The van der Waals surface area contributed by atoms with E-state index in [4.69, 9.17) is 11.6 Å². The van der Waals surface area contributed by atoms with Gasteiger partial charge in [-0.15, -0.1) is 0 Å². The number of hydrogen-bond acceptors (Lipinski definition) is 0. The van der Waals surface area contributed by atoms with Crippen LogP contribution in [0.1, 0.15) is 17.5 Å². The van der Waals surface area contributed by atoms with Gasteiger partial charge >= 0.3 is 0 Å². The van der Waals surface area contributed by atoms with Crippen molar-refractivity contribution in [2.24, 2.45) is 0 Å². The first-order valence-electron chi connectivity index (χ1n) is 6.48. The monoisotopic (exact) mass is 292 g/mol. The van der Waals surface area contributed by atoms with Gasteiger partial charge in [-0.1, -0.05) is 54.1 Å². The third-order valence-corrected chi connectivity index (χ3v) is 3.44. The van der Waals surface area contributed by atoms with E-state index in [9.17, 15) is 8.78 Å². The second-order valence-electron chi connectivity index (χ2n) is 4.54. The smallest absolute Gasteiger partial charge is 0.126 e. The summed E-state index contributed by atoms with van der Waals surface area (Å²) in [5.41, 5.74) is 1.25. The van der Waals surface area contributed by atoms with Crippen LogP contribution >= 0.6 is 11.6 Å². The SMILES string of the molecule is Fc1ccccc1C/C=C(\Cl)CCc1ccccc1F. The molecule has 2 aromatic carbocycles. The molecule has 0 heterocycles. The summed E-state index contributed by atoms with van der Waals surface area (Å²) >= 11 is 6.10. The highest BCUT2D eigenvalue weighted by atomic mass is 35.5. The van der Waals surface area contributed by atoms with E-state index in [-0.39, 0.29) is 11.6 Å². The largest absolute Gasteiger partial charge is 0.207 e. The number of allylic oxidation sites excluding steroid dienone is 2. The average Bonchev–Trinajstić information content (AvgIpc) is 2.45. The van der Waals surface area contributed by atoms with E-state index in [1.54, 1.807) is 42.5 Å². The van der Waals surface area contributed by atoms with Crippen LogP contribution in [-0.4, -0.2) is 0 Å². The Bertz CT molecular complexity index is 605. The zero-order valence-corrected chi connectivity index (χ0v) is 11.7. The molecular weight excluding hydrogens is 278 g/mol. The van der Waals surface area contributed by atoms with Gasteiger partial charge in [-0.05, 0) is 42.5 Å². The fraction of sp³-hybridized carbons (Fsp3) is 0.176. The predicted octanol–water partition coefficient (Wildman–Crippen LogP) is 5.26. The van der Waals surface area contributed by atoms with Crippen LogP contribution in [0.3, 0.4) is 0 Å². The second-order valence-corrected chi connectivity index (χ2v) is 5.02. The summed E-state index contributed by atoms with van der Waals surface area (Å²) in [7, 11) is 0. The Morgan fingerprint density at radius 1 is 0.900 bits per heavy atom. The molecule has 0 spiro atoms. The van der Waals surface area contributed by atoms with Crippen molar-refractivity contribution in [2.75, 3.05) is 0 Å². The Labute approximate surface area is 122 Å². The standard InChI is InChI=1S/C17H15ClF2/c18-15(11-9-13-5-1-3-7-16(13)19)12-10-14-6-2-4-8-17(14)20/h1-8,11H,9-10,12H2/b15-11-. The lowest BCUT2D eigenvalue weighted by molar-refractivity contribution is 0.609. The molecule has 0 radical (unpaired) electrons. The van der Waals surface area contributed by atoms with Crippen LogP contribution in [-0.2, 0) is 12.8 Å². The summed E-state index contributed by atoms with van der Waals surface area (Å²) in [4.78, 5) is 0. The van der Waals surface area contributed by atoms with Crippen molar-refractivity contribution >= 4 is 11.6 Å². The van der Waals surface area contributed by atoms with E-state index in [0.29, 0.717) is 35.4 Å². The van der Waals surface area contributed by atoms with Crippen molar-refractivity contribution in [1.29, 1.82) is 0 Å². The van der Waals surface area contributed by atoms with Gasteiger partial charge in [0.2, 0.25) is 0 Å². The highest BCUT2D eigenvalue weighted by Gasteiger charge is 2.03. The molecule has 0 atom stereocenters. The van der Waals surface area contributed by atoms with E-state index >= 15 is 0 Å². The molecule has 2 rings (SSSR count). The van der Waals surface area contributed by atoms with E-state index in [1.165, 1.54) is 12.1 Å². The lowest BCUT2D eigenvalue weighted by Crippen LogP contribution is -1.91. The maximum atomic E-state index is 13.4. The first-order chi connectivity index (χ1) is 9.66. The molecule has 0 aliphatic heterocycles. The molecule has 3 heteroatoms. The van der Waals surface area contributed by atoms with Gasteiger partial charge in [-0.2, -0.15) is 0 Å². The fourth-order valence-corrected chi connectivity index (χ4v) is 2.11. The molecule has 0 fully saturated rings. The Hall–Kier alpha value is -1.67. The minimum atomic E-state index is -0.234. The number of benzene rings is 2. The zero-order chi connectivity index (χ0) is 14.4. The van der Waals surface area contributed by atoms with Crippen LogP contribution < -0.4 is 0 Å². The zero-order valence-electron chi connectivity index (χ0n) is 11.0. The lowest BCUT2D eigenvalue weighted by Gasteiger charge is -2.03. The molecule has 0 saturated heterocycles. The Kier molecular flexibility index (Phi) is 5.31.